The molecule has 116 valence electrons. The van der Waals surface area contributed by atoms with Gasteiger partial charge in [-0.2, -0.15) is 0 Å². The van der Waals surface area contributed by atoms with E-state index in [-0.39, 0.29) is 5.91 Å². The molecule has 0 aliphatic rings. The number of anilines is 1. The quantitative estimate of drug-likeness (QED) is 0.789. The summed E-state index contributed by atoms with van der Waals surface area (Å²) in [6, 6.07) is 13.1. The van der Waals surface area contributed by atoms with Gasteiger partial charge in [0.2, 0.25) is 0 Å². The molecule has 3 nitrogen and oxygen atoms in total. The molecule has 0 saturated carbocycles. The van der Waals surface area contributed by atoms with Crippen molar-refractivity contribution in [3.8, 4) is 0 Å². The molecule has 1 atom stereocenters. The molecule has 0 fully saturated rings. The van der Waals surface area contributed by atoms with E-state index in [1.165, 1.54) is 5.56 Å². The van der Waals surface area contributed by atoms with Crippen molar-refractivity contribution in [1.82, 2.24) is 0 Å². The lowest BCUT2D eigenvalue weighted by molar-refractivity contribution is -0.885. The van der Waals surface area contributed by atoms with Crippen LogP contribution in [0.5, 0.6) is 0 Å². The number of likely N-dealkylation sites (N-methyl/N-ethyl adjacent to an activating group) is 1. The van der Waals surface area contributed by atoms with Crippen LogP contribution in [0.25, 0.3) is 0 Å². The smallest absolute Gasteiger partial charge is 0.279 e. The zero-order valence-electron chi connectivity index (χ0n) is 12.0. The van der Waals surface area contributed by atoms with Gasteiger partial charge in [0.1, 0.15) is 6.54 Å². The van der Waals surface area contributed by atoms with E-state index < -0.39 is 0 Å². The van der Waals surface area contributed by atoms with Crippen LogP contribution in [0, 0.1) is 0 Å². The number of nitrogens with one attached hydrogen (secondary N) is 2. The third-order valence-electron chi connectivity index (χ3n) is 3.08. The van der Waals surface area contributed by atoms with Crippen LogP contribution in [0.4, 0.5) is 5.69 Å². The molecular weight excluding hydrogens is 387 g/mol. The molecule has 1 unspecified atom stereocenters. The Morgan fingerprint density at radius 1 is 1.18 bits per heavy atom. The van der Waals surface area contributed by atoms with E-state index in [1.54, 1.807) is 18.2 Å². The van der Waals surface area contributed by atoms with E-state index in [1.807, 2.05) is 31.3 Å². The van der Waals surface area contributed by atoms with Crippen LogP contribution < -0.4 is 10.2 Å². The van der Waals surface area contributed by atoms with Gasteiger partial charge in [-0.1, -0.05) is 51.3 Å². The van der Waals surface area contributed by atoms with E-state index in [0.29, 0.717) is 22.3 Å². The van der Waals surface area contributed by atoms with Gasteiger partial charge in [-0.05, 0) is 30.3 Å². The van der Waals surface area contributed by atoms with Crippen LogP contribution in [-0.4, -0.2) is 19.5 Å². The molecule has 0 saturated heterocycles. The van der Waals surface area contributed by atoms with Crippen molar-refractivity contribution in [3.63, 3.8) is 0 Å². The molecule has 0 radical (unpaired) electrons. The van der Waals surface area contributed by atoms with Crippen molar-refractivity contribution >= 4 is 50.7 Å². The van der Waals surface area contributed by atoms with Crippen LogP contribution in [0.3, 0.4) is 0 Å². The van der Waals surface area contributed by atoms with Gasteiger partial charge in [0.25, 0.3) is 5.91 Å². The van der Waals surface area contributed by atoms with Crippen LogP contribution in [-0.2, 0) is 11.3 Å². The van der Waals surface area contributed by atoms with Crippen molar-refractivity contribution < 1.29 is 9.69 Å². The van der Waals surface area contributed by atoms with Gasteiger partial charge < -0.3 is 10.2 Å². The fourth-order valence-corrected chi connectivity index (χ4v) is 2.68. The van der Waals surface area contributed by atoms with E-state index in [2.05, 4.69) is 21.2 Å². The number of carbonyl (C=O) groups is 1. The molecule has 0 spiro atoms. The highest BCUT2D eigenvalue weighted by molar-refractivity contribution is 9.10. The fourth-order valence-electron chi connectivity index (χ4n) is 2.07. The predicted octanol–water partition coefficient (Wildman–Crippen LogP) is 3.41. The largest absolute Gasteiger partial charge is 0.326 e. The molecule has 1 amide bonds. The molecule has 0 aliphatic carbocycles. The average molecular weight is 403 g/mol. The second-order valence-corrected chi connectivity index (χ2v) is 6.87. The van der Waals surface area contributed by atoms with Crippen LogP contribution >= 0.6 is 39.1 Å². The summed E-state index contributed by atoms with van der Waals surface area (Å²) in [5, 5.41) is 3.81. The van der Waals surface area contributed by atoms with Gasteiger partial charge in [-0.15, -0.1) is 0 Å². The highest BCUT2D eigenvalue weighted by Gasteiger charge is 2.12. The minimum Gasteiger partial charge on any atom is -0.326 e. The molecule has 22 heavy (non-hydrogen) atoms. The summed E-state index contributed by atoms with van der Waals surface area (Å²) in [7, 11) is 1.97. The van der Waals surface area contributed by atoms with Gasteiger partial charge in [-0.25, -0.2) is 0 Å². The minimum atomic E-state index is -0.0984. The fraction of sp³-hybridized carbons (Fsp3) is 0.188. The second kappa shape index (κ2) is 7.97. The third kappa shape index (κ3) is 5.29. The first-order chi connectivity index (χ1) is 10.4. The maximum absolute atomic E-state index is 12.1. The Morgan fingerprint density at radius 2 is 1.86 bits per heavy atom. The number of hydrogen-bond acceptors (Lipinski definition) is 1. The van der Waals surface area contributed by atoms with Crippen molar-refractivity contribution in [2.24, 2.45) is 0 Å². The summed E-state index contributed by atoms with van der Waals surface area (Å²) < 4.78 is 1.04. The lowest BCUT2D eigenvalue weighted by Crippen LogP contribution is -3.08. The summed E-state index contributed by atoms with van der Waals surface area (Å²) in [4.78, 5) is 13.2. The number of hydrogen-bond donors (Lipinski definition) is 2. The number of rotatable bonds is 5. The SMILES string of the molecule is C[NH+](CC(=O)Nc1cc(Cl)ccc1Cl)Cc1ccc(Br)cc1. The number of quaternary nitrogens is 1. The lowest BCUT2D eigenvalue weighted by atomic mass is 10.2. The normalized spacial score (nSPS) is 12.0. The van der Waals surface area contributed by atoms with E-state index >= 15 is 0 Å². The molecule has 0 bridgehead atoms. The van der Waals surface area contributed by atoms with Crippen molar-refractivity contribution in [3.05, 3.63) is 62.5 Å². The first kappa shape index (κ1) is 17.3. The maximum atomic E-state index is 12.1. The summed E-state index contributed by atoms with van der Waals surface area (Å²) in [6.45, 7) is 1.11. The monoisotopic (exact) mass is 401 g/mol. The van der Waals surface area contributed by atoms with E-state index in [9.17, 15) is 4.79 Å². The second-order valence-electron chi connectivity index (χ2n) is 5.11. The van der Waals surface area contributed by atoms with Crippen LogP contribution in [0.15, 0.2) is 46.9 Å². The number of amides is 1. The van der Waals surface area contributed by atoms with Gasteiger partial charge in [0, 0.05) is 15.1 Å². The minimum absolute atomic E-state index is 0.0984. The Hall–Kier alpha value is -1.07. The number of halogens is 3. The third-order valence-corrected chi connectivity index (χ3v) is 4.18. The Balaban J connectivity index is 1.91. The number of benzene rings is 2. The summed E-state index contributed by atoms with van der Waals surface area (Å²) in [5.74, 6) is -0.0984. The standard InChI is InChI=1S/C16H15BrCl2N2O/c1-21(9-11-2-4-12(17)5-3-11)10-16(22)20-15-8-13(18)6-7-14(15)19/h2-8H,9-10H2,1H3,(H,20,22)/p+1. The van der Waals surface area contributed by atoms with Crippen LogP contribution in [0.1, 0.15) is 5.56 Å². The predicted molar refractivity (Wildman–Crippen MR) is 94.7 cm³/mol. The Morgan fingerprint density at radius 3 is 2.55 bits per heavy atom. The van der Waals surface area contributed by atoms with Gasteiger partial charge >= 0.3 is 0 Å². The topological polar surface area (TPSA) is 33.5 Å². The summed E-state index contributed by atoms with van der Waals surface area (Å²) >= 11 is 15.4. The van der Waals surface area contributed by atoms with Gasteiger partial charge in [0.15, 0.2) is 6.54 Å². The Bertz CT molecular complexity index is 662. The number of carbonyl (C=O) groups excluding carboxylic acids is 1. The molecule has 2 rings (SSSR count). The highest BCUT2D eigenvalue weighted by atomic mass is 79.9. The lowest BCUT2D eigenvalue weighted by Gasteiger charge is -2.14. The summed E-state index contributed by atoms with van der Waals surface area (Å²) in [5.41, 5.74) is 1.71. The molecule has 0 aliphatic heterocycles. The van der Waals surface area contributed by atoms with E-state index in [0.717, 1.165) is 15.9 Å². The highest BCUT2D eigenvalue weighted by Crippen LogP contribution is 2.25. The summed E-state index contributed by atoms with van der Waals surface area (Å²) in [6.07, 6.45) is 0. The Labute approximate surface area is 148 Å². The van der Waals surface area contributed by atoms with Crippen LogP contribution in [0.2, 0.25) is 10.0 Å². The van der Waals surface area contributed by atoms with E-state index in [4.69, 9.17) is 23.2 Å². The Kier molecular flexibility index (Phi) is 6.26. The molecule has 6 heteroatoms. The molecule has 0 heterocycles. The molecule has 2 aromatic carbocycles. The zero-order valence-corrected chi connectivity index (χ0v) is 15.1. The van der Waals surface area contributed by atoms with Crippen molar-refractivity contribution in [2.45, 2.75) is 6.54 Å². The average Bonchev–Trinajstić information content (AvgIpc) is 2.45. The molecule has 2 N–H and O–H groups in total. The maximum Gasteiger partial charge on any atom is 0.279 e. The first-order valence-electron chi connectivity index (χ1n) is 6.74. The van der Waals surface area contributed by atoms with Gasteiger partial charge in [0.05, 0.1) is 17.8 Å². The first-order valence-corrected chi connectivity index (χ1v) is 8.29. The molecular formula is C16H16BrCl2N2O+. The molecule has 0 aromatic heterocycles. The molecule has 2 aromatic rings. The zero-order chi connectivity index (χ0) is 16.1. The van der Waals surface area contributed by atoms with Crippen molar-refractivity contribution in [1.29, 1.82) is 0 Å². The van der Waals surface area contributed by atoms with Gasteiger partial charge in [-0.3, -0.25) is 4.79 Å². The van der Waals surface area contributed by atoms with Crippen molar-refractivity contribution in [2.75, 3.05) is 18.9 Å².